The van der Waals surface area contributed by atoms with Gasteiger partial charge in [-0.15, -0.1) is 0 Å². The van der Waals surface area contributed by atoms with Crippen LogP contribution in [0.25, 0.3) is 0 Å². The van der Waals surface area contributed by atoms with Crippen molar-refractivity contribution in [3.8, 4) is 0 Å². The summed E-state index contributed by atoms with van der Waals surface area (Å²) < 4.78 is 0. The molecule has 0 aliphatic heterocycles. The van der Waals surface area contributed by atoms with Crippen LogP contribution in [0.1, 0.15) is 5.56 Å². The molecule has 0 atom stereocenters. The van der Waals surface area contributed by atoms with Gasteiger partial charge in [0.05, 0.1) is 0 Å². The van der Waals surface area contributed by atoms with E-state index in [2.05, 4.69) is 6.92 Å². The van der Waals surface area contributed by atoms with Crippen LogP contribution in [0.2, 0.25) is 0 Å². The molecule has 0 fully saturated rings. The Bertz CT molecular complexity index is 165. The highest BCUT2D eigenvalue weighted by atomic mass is 15.0. The lowest BCUT2D eigenvalue weighted by molar-refractivity contribution is 0.505. The SMILES string of the molecule is CN(C)C.[CH2]c1ccccc1. The van der Waals surface area contributed by atoms with Gasteiger partial charge in [-0.2, -0.15) is 0 Å². The maximum atomic E-state index is 3.72. The summed E-state index contributed by atoms with van der Waals surface area (Å²) in [5.41, 5.74) is 1.07. The molecule has 0 saturated heterocycles. The Hall–Kier alpha value is -0.820. The van der Waals surface area contributed by atoms with E-state index >= 15 is 0 Å². The zero-order chi connectivity index (χ0) is 8.69. The van der Waals surface area contributed by atoms with Gasteiger partial charge in [-0.3, -0.25) is 0 Å². The van der Waals surface area contributed by atoms with Crippen LogP contribution < -0.4 is 0 Å². The van der Waals surface area contributed by atoms with Gasteiger partial charge in [0.2, 0.25) is 0 Å². The summed E-state index contributed by atoms with van der Waals surface area (Å²) in [7, 11) is 6.00. The highest BCUT2D eigenvalue weighted by Gasteiger charge is 1.72. The molecular formula is C10H16N. The molecule has 1 nitrogen and oxygen atoms in total. The van der Waals surface area contributed by atoms with Gasteiger partial charge in [-0.1, -0.05) is 30.3 Å². The average Bonchev–Trinajstić information content (AvgIpc) is 1.87. The van der Waals surface area contributed by atoms with Crippen molar-refractivity contribution in [2.45, 2.75) is 0 Å². The lowest BCUT2D eigenvalue weighted by Crippen LogP contribution is -1.99. The van der Waals surface area contributed by atoms with Gasteiger partial charge < -0.3 is 4.90 Å². The van der Waals surface area contributed by atoms with E-state index in [1.165, 1.54) is 0 Å². The molecule has 1 rings (SSSR count). The Balaban J connectivity index is 0.000000218. The molecule has 1 aromatic rings. The number of rotatable bonds is 0. The molecule has 0 unspecified atom stereocenters. The van der Waals surface area contributed by atoms with Crippen LogP contribution in [0.15, 0.2) is 30.3 Å². The largest absolute Gasteiger partial charge is 0.312 e. The third-order valence-corrected chi connectivity index (χ3v) is 0.843. The monoisotopic (exact) mass is 150 g/mol. The van der Waals surface area contributed by atoms with Crippen molar-refractivity contribution in [3.05, 3.63) is 42.8 Å². The van der Waals surface area contributed by atoms with Crippen LogP contribution in [0.4, 0.5) is 0 Å². The molecule has 0 aliphatic rings. The molecule has 0 amide bonds. The van der Waals surface area contributed by atoms with Crippen LogP contribution in [-0.2, 0) is 0 Å². The fraction of sp³-hybridized carbons (Fsp3) is 0.300. The van der Waals surface area contributed by atoms with Crippen molar-refractivity contribution in [2.24, 2.45) is 0 Å². The first kappa shape index (κ1) is 10.2. The van der Waals surface area contributed by atoms with Gasteiger partial charge in [0.1, 0.15) is 0 Å². The fourth-order valence-electron chi connectivity index (χ4n) is 0.478. The summed E-state index contributed by atoms with van der Waals surface area (Å²) in [5.74, 6) is 0. The van der Waals surface area contributed by atoms with Crippen molar-refractivity contribution < 1.29 is 0 Å². The predicted octanol–water partition coefficient (Wildman–Crippen LogP) is 2.05. The van der Waals surface area contributed by atoms with Crippen molar-refractivity contribution in [3.63, 3.8) is 0 Å². The summed E-state index contributed by atoms with van der Waals surface area (Å²) in [4.78, 5) is 2.00. The zero-order valence-corrected chi connectivity index (χ0v) is 7.54. The highest BCUT2D eigenvalue weighted by Crippen LogP contribution is 1.92. The Morgan fingerprint density at radius 3 is 1.55 bits per heavy atom. The molecule has 1 heteroatoms. The minimum atomic E-state index is 1.07. The van der Waals surface area contributed by atoms with Crippen molar-refractivity contribution in [2.75, 3.05) is 21.1 Å². The topological polar surface area (TPSA) is 3.24 Å². The second-order valence-electron chi connectivity index (χ2n) is 2.83. The summed E-state index contributed by atoms with van der Waals surface area (Å²) >= 11 is 0. The van der Waals surface area contributed by atoms with Crippen molar-refractivity contribution >= 4 is 0 Å². The molecule has 0 spiro atoms. The van der Waals surface area contributed by atoms with Crippen LogP contribution in [-0.4, -0.2) is 26.0 Å². The summed E-state index contributed by atoms with van der Waals surface area (Å²) in [5, 5.41) is 0. The van der Waals surface area contributed by atoms with Crippen molar-refractivity contribution in [1.29, 1.82) is 0 Å². The number of hydrogen-bond acceptors (Lipinski definition) is 1. The molecule has 0 aromatic heterocycles. The van der Waals surface area contributed by atoms with Crippen LogP contribution in [0, 0.1) is 6.92 Å². The van der Waals surface area contributed by atoms with Crippen LogP contribution in [0.3, 0.4) is 0 Å². The van der Waals surface area contributed by atoms with E-state index in [1.807, 2.05) is 56.4 Å². The molecule has 0 N–H and O–H groups in total. The van der Waals surface area contributed by atoms with Gasteiger partial charge in [0.25, 0.3) is 0 Å². The number of nitrogens with zero attached hydrogens (tertiary/aromatic N) is 1. The van der Waals surface area contributed by atoms with E-state index in [0.29, 0.717) is 0 Å². The Kier molecular flexibility index (Phi) is 5.49. The predicted molar refractivity (Wildman–Crippen MR) is 50.5 cm³/mol. The quantitative estimate of drug-likeness (QED) is 0.547. The molecule has 1 radical (unpaired) electrons. The standard InChI is InChI=1S/C7H7.C3H9N/c1-7-5-3-2-4-6-7;1-4(2)3/h2-6H,1H2;1-3H3. The second-order valence-corrected chi connectivity index (χ2v) is 2.83. The normalized spacial score (nSPS) is 8.82. The van der Waals surface area contributed by atoms with Crippen molar-refractivity contribution in [1.82, 2.24) is 4.90 Å². The first-order valence-corrected chi connectivity index (χ1v) is 3.61. The minimum absolute atomic E-state index is 1.07. The molecule has 0 saturated carbocycles. The first-order chi connectivity index (χ1) is 5.13. The molecule has 0 aliphatic carbocycles. The van der Waals surface area contributed by atoms with Gasteiger partial charge in [-0.05, 0) is 33.6 Å². The molecule has 61 valence electrons. The van der Waals surface area contributed by atoms with E-state index in [4.69, 9.17) is 0 Å². The third-order valence-electron chi connectivity index (χ3n) is 0.843. The summed E-state index contributed by atoms with van der Waals surface area (Å²) in [6.07, 6.45) is 0. The average molecular weight is 150 g/mol. The molecule has 0 bridgehead atoms. The molecule has 1 aromatic carbocycles. The van der Waals surface area contributed by atoms with Crippen LogP contribution >= 0.6 is 0 Å². The van der Waals surface area contributed by atoms with E-state index < -0.39 is 0 Å². The maximum Gasteiger partial charge on any atom is -0.0140 e. The Morgan fingerprint density at radius 1 is 1.00 bits per heavy atom. The van der Waals surface area contributed by atoms with Crippen LogP contribution in [0.5, 0.6) is 0 Å². The lowest BCUT2D eigenvalue weighted by Gasteiger charge is -1.90. The Morgan fingerprint density at radius 2 is 1.36 bits per heavy atom. The smallest absolute Gasteiger partial charge is 0.0140 e. The summed E-state index contributed by atoms with van der Waals surface area (Å²) in [6, 6.07) is 9.87. The van der Waals surface area contributed by atoms with Gasteiger partial charge >= 0.3 is 0 Å². The summed E-state index contributed by atoms with van der Waals surface area (Å²) in [6.45, 7) is 3.72. The fourth-order valence-corrected chi connectivity index (χ4v) is 0.478. The molecule has 11 heavy (non-hydrogen) atoms. The maximum absolute atomic E-state index is 3.72. The second kappa shape index (κ2) is 5.93. The van der Waals surface area contributed by atoms with E-state index in [1.54, 1.807) is 0 Å². The Labute approximate surface area is 69.7 Å². The third kappa shape index (κ3) is 9.18. The van der Waals surface area contributed by atoms with E-state index in [-0.39, 0.29) is 0 Å². The zero-order valence-electron chi connectivity index (χ0n) is 7.54. The van der Waals surface area contributed by atoms with Gasteiger partial charge in [0, 0.05) is 0 Å². The van der Waals surface area contributed by atoms with Gasteiger partial charge in [-0.25, -0.2) is 0 Å². The number of hydrogen-bond donors (Lipinski definition) is 0. The van der Waals surface area contributed by atoms with E-state index in [9.17, 15) is 0 Å². The highest BCUT2D eigenvalue weighted by molar-refractivity contribution is 5.16. The minimum Gasteiger partial charge on any atom is -0.312 e. The van der Waals surface area contributed by atoms with Gasteiger partial charge in [0.15, 0.2) is 0 Å². The first-order valence-electron chi connectivity index (χ1n) is 3.61. The number of benzene rings is 1. The molecular weight excluding hydrogens is 134 g/mol. The molecule has 0 heterocycles. The lowest BCUT2D eigenvalue weighted by atomic mass is 10.2. The van der Waals surface area contributed by atoms with E-state index in [0.717, 1.165) is 5.56 Å².